The number of nitrogens with two attached hydrogens (primary N) is 1. The maximum atomic E-state index is 10.9. The highest BCUT2D eigenvalue weighted by Gasteiger charge is 2.21. The van der Waals surface area contributed by atoms with Crippen LogP contribution in [-0.4, -0.2) is 16.1 Å². The van der Waals surface area contributed by atoms with Gasteiger partial charge < -0.3 is 15.3 Å². The van der Waals surface area contributed by atoms with Crippen molar-refractivity contribution in [3.05, 3.63) is 20.9 Å². The fraction of sp³-hybridized carbons (Fsp3) is 0. The number of carboxylic acids is 1. The Labute approximate surface area is 111 Å². The van der Waals surface area contributed by atoms with Crippen molar-refractivity contribution >= 4 is 54.3 Å². The van der Waals surface area contributed by atoms with E-state index >= 15 is 0 Å². The minimum absolute atomic E-state index is 0.101. The molecule has 0 aromatic carbocycles. The van der Waals surface area contributed by atoms with Crippen molar-refractivity contribution in [2.45, 2.75) is 0 Å². The molecule has 2 rings (SSSR count). The summed E-state index contributed by atoms with van der Waals surface area (Å²) in [5.74, 6) is -0.725. The molecule has 0 aliphatic rings. The van der Waals surface area contributed by atoms with Gasteiger partial charge in [-0.3, -0.25) is 0 Å². The number of hydrogen-bond donors (Lipinski definition) is 2. The first-order valence-electron chi connectivity index (χ1n) is 3.94. The molecule has 0 fully saturated rings. The molecule has 0 aliphatic heterocycles. The van der Waals surface area contributed by atoms with Gasteiger partial charge in [0.1, 0.15) is 10.6 Å². The zero-order chi connectivity index (χ0) is 11.9. The SMILES string of the molecule is Nc1nc(C(=O)O)c(-c2cc(Br)c(Br)o2)s1. The third-order valence-corrected chi connectivity index (χ3v) is 4.32. The topological polar surface area (TPSA) is 89.3 Å². The Hall–Kier alpha value is -0.860. The highest BCUT2D eigenvalue weighted by atomic mass is 79.9. The molecule has 3 N–H and O–H groups in total. The standard InChI is InChI=1S/C8H4Br2N2O3S/c9-2-1-3(15-6(2)10)5-4(7(13)14)12-8(11)16-5/h1H,(H2,11,12)(H,13,14). The summed E-state index contributed by atoms with van der Waals surface area (Å²) in [6, 6.07) is 1.66. The van der Waals surface area contributed by atoms with Gasteiger partial charge in [0.25, 0.3) is 0 Å². The summed E-state index contributed by atoms with van der Waals surface area (Å²) in [6.07, 6.45) is 0. The lowest BCUT2D eigenvalue weighted by Gasteiger charge is -1.91. The Bertz CT molecular complexity index is 544. The molecule has 0 unspecified atom stereocenters. The van der Waals surface area contributed by atoms with E-state index in [1.807, 2.05) is 0 Å². The number of aromatic nitrogens is 1. The summed E-state index contributed by atoms with van der Waals surface area (Å²) in [5.41, 5.74) is 5.38. The maximum Gasteiger partial charge on any atom is 0.356 e. The lowest BCUT2D eigenvalue weighted by atomic mass is 10.3. The molecule has 0 atom stereocenters. The van der Waals surface area contributed by atoms with E-state index in [2.05, 4.69) is 36.8 Å². The highest BCUT2D eigenvalue weighted by molar-refractivity contribution is 9.13. The van der Waals surface area contributed by atoms with Gasteiger partial charge in [-0.1, -0.05) is 11.3 Å². The minimum Gasteiger partial charge on any atom is -0.476 e. The normalized spacial score (nSPS) is 10.6. The van der Waals surface area contributed by atoms with Gasteiger partial charge in [-0.15, -0.1) is 0 Å². The van der Waals surface area contributed by atoms with Crippen LogP contribution in [0.1, 0.15) is 10.5 Å². The van der Waals surface area contributed by atoms with E-state index in [9.17, 15) is 4.79 Å². The van der Waals surface area contributed by atoms with E-state index < -0.39 is 5.97 Å². The molecule has 16 heavy (non-hydrogen) atoms. The molecule has 0 saturated carbocycles. The summed E-state index contributed by atoms with van der Waals surface area (Å²) in [5, 5.41) is 9.13. The summed E-state index contributed by atoms with van der Waals surface area (Å²) in [7, 11) is 0. The van der Waals surface area contributed by atoms with E-state index in [4.69, 9.17) is 15.3 Å². The molecule has 0 bridgehead atoms. The molecule has 2 aromatic heterocycles. The quantitative estimate of drug-likeness (QED) is 0.850. The van der Waals surface area contributed by atoms with Gasteiger partial charge in [-0.25, -0.2) is 9.78 Å². The molecule has 2 aromatic rings. The predicted molar refractivity (Wildman–Crippen MR) is 66.6 cm³/mol. The van der Waals surface area contributed by atoms with Crippen molar-refractivity contribution < 1.29 is 14.3 Å². The van der Waals surface area contributed by atoms with Gasteiger partial charge in [-0.05, 0) is 31.9 Å². The Balaban J connectivity index is 2.59. The molecule has 5 nitrogen and oxygen atoms in total. The molecule has 0 spiro atoms. The number of thiazole rings is 1. The third kappa shape index (κ3) is 2.00. The van der Waals surface area contributed by atoms with Gasteiger partial charge in [0.15, 0.2) is 15.5 Å². The van der Waals surface area contributed by atoms with E-state index in [1.54, 1.807) is 6.07 Å². The Kier molecular flexibility index (Phi) is 3.04. The Morgan fingerprint density at radius 2 is 2.25 bits per heavy atom. The second kappa shape index (κ2) is 4.19. The minimum atomic E-state index is -1.13. The molecule has 8 heteroatoms. The van der Waals surface area contributed by atoms with Gasteiger partial charge in [0.2, 0.25) is 0 Å². The number of nitrogen functional groups attached to an aromatic ring is 1. The van der Waals surface area contributed by atoms with E-state index in [-0.39, 0.29) is 10.8 Å². The molecular formula is C8H4Br2N2O3S. The first kappa shape index (κ1) is 11.6. The number of rotatable bonds is 2. The van der Waals surface area contributed by atoms with Crippen LogP contribution in [0.4, 0.5) is 5.13 Å². The van der Waals surface area contributed by atoms with Crippen molar-refractivity contribution in [1.82, 2.24) is 4.98 Å². The number of carbonyl (C=O) groups is 1. The number of hydrogen-bond acceptors (Lipinski definition) is 5. The van der Waals surface area contributed by atoms with Crippen LogP contribution in [0.15, 0.2) is 19.6 Å². The zero-order valence-electron chi connectivity index (χ0n) is 7.53. The second-order valence-electron chi connectivity index (χ2n) is 2.77. The predicted octanol–water partition coefficient (Wildman–Crippen LogP) is 3.21. The van der Waals surface area contributed by atoms with Crippen LogP contribution < -0.4 is 5.73 Å². The average molecular weight is 368 g/mol. The van der Waals surface area contributed by atoms with Crippen LogP contribution in [0, 0.1) is 0 Å². The summed E-state index contributed by atoms with van der Waals surface area (Å²) < 4.78 is 6.52. The maximum absolute atomic E-state index is 10.9. The van der Waals surface area contributed by atoms with Crippen LogP contribution in [0.5, 0.6) is 0 Å². The molecule has 84 valence electrons. The number of anilines is 1. The van der Waals surface area contributed by atoms with Crippen molar-refractivity contribution in [2.24, 2.45) is 0 Å². The lowest BCUT2D eigenvalue weighted by molar-refractivity contribution is 0.0692. The van der Waals surface area contributed by atoms with Gasteiger partial charge in [0, 0.05) is 6.07 Å². The third-order valence-electron chi connectivity index (χ3n) is 1.72. The van der Waals surface area contributed by atoms with Crippen LogP contribution in [0.2, 0.25) is 0 Å². The van der Waals surface area contributed by atoms with E-state index in [0.717, 1.165) is 11.3 Å². The molecule has 0 amide bonds. The van der Waals surface area contributed by atoms with E-state index in [0.29, 0.717) is 19.8 Å². The van der Waals surface area contributed by atoms with Crippen LogP contribution in [0.3, 0.4) is 0 Å². The average Bonchev–Trinajstić information content (AvgIpc) is 2.71. The molecule has 0 saturated heterocycles. The number of aromatic carboxylic acids is 1. The first-order valence-corrected chi connectivity index (χ1v) is 6.34. The largest absolute Gasteiger partial charge is 0.476 e. The fourth-order valence-corrected chi connectivity index (χ4v) is 2.46. The number of nitrogens with zero attached hydrogens (tertiary/aromatic N) is 1. The Morgan fingerprint density at radius 3 is 2.75 bits per heavy atom. The number of halogens is 2. The molecule has 0 aliphatic carbocycles. The summed E-state index contributed by atoms with van der Waals surface area (Å²) in [4.78, 5) is 15.1. The van der Waals surface area contributed by atoms with E-state index in [1.165, 1.54) is 0 Å². The molecule has 0 radical (unpaired) electrons. The fourth-order valence-electron chi connectivity index (χ4n) is 1.11. The second-order valence-corrected chi connectivity index (χ2v) is 5.37. The molecular weight excluding hydrogens is 364 g/mol. The zero-order valence-corrected chi connectivity index (χ0v) is 11.5. The van der Waals surface area contributed by atoms with Crippen molar-refractivity contribution in [1.29, 1.82) is 0 Å². The van der Waals surface area contributed by atoms with Gasteiger partial charge in [0.05, 0.1) is 4.47 Å². The van der Waals surface area contributed by atoms with Crippen molar-refractivity contribution in [2.75, 3.05) is 5.73 Å². The summed E-state index contributed by atoms with van der Waals surface area (Å²) in [6.45, 7) is 0. The molecule has 2 heterocycles. The Morgan fingerprint density at radius 1 is 1.56 bits per heavy atom. The monoisotopic (exact) mass is 366 g/mol. The number of carboxylic acid groups (broad SMARTS) is 1. The van der Waals surface area contributed by atoms with Gasteiger partial charge >= 0.3 is 5.97 Å². The first-order chi connectivity index (χ1) is 7.49. The van der Waals surface area contributed by atoms with Crippen LogP contribution in [-0.2, 0) is 0 Å². The van der Waals surface area contributed by atoms with Gasteiger partial charge in [-0.2, -0.15) is 0 Å². The van der Waals surface area contributed by atoms with Crippen LogP contribution in [0.25, 0.3) is 10.6 Å². The number of furan rings is 1. The smallest absolute Gasteiger partial charge is 0.356 e. The van der Waals surface area contributed by atoms with Crippen molar-refractivity contribution in [3.63, 3.8) is 0 Å². The highest BCUT2D eigenvalue weighted by Crippen LogP contribution is 2.37. The lowest BCUT2D eigenvalue weighted by Crippen LogP contribution is -1.98. The van der Waals surface area contributed by atoms with Crippen molar-refractivity contribution in [3.8, 4) is 10.6 Å². The summed E-state index contributed by atoms with van der Waals surface area (Å²) >= 11 is 7.49. The van der Waals surface area contributed by atoms with Crippen LogP contribution >= 0.6 is 43.2 Å².